The van der Waals surface area contributed by atoms with E-state index in [4.69, 9.17) is 16.3 Å². The van der Waals surface area contributed by atoms with Crippen LogP contribution in [0.25, 0.3) is 11.0 Å². The summed E-state index contributed by atoms with van der Waals surface area (Å²) in [6.07, 6.45) is 4.21. The molecular weight excluding hydrogens is 279 g/mol. The van der Waals surface area contributed by atoms with Crippen LogP contribution in [0.4, 0.5) is 4.39 Å². The van der Waals surface area contributed by atoms with E-state index in [1.807, 2.05) is 6.07 Å². The molecule has 1 aliphatic heterocycles. The van der Waals surface area contributed by atoms with E-state index >= 15 is 0 Å². The Hall–Kier alpha value is -1.13. The number of rotatable bonds is 4. The molecule has 5 heteroatoms. The van der Waals surface area contributed by atoms with E-state index in [1.54, 1.807) is 6.07 Å². The van der Waals surface area contributed by atoms with Gasteiger partial charge in [-0.15, -0.1) is 11.6 Å². The van der Waals surface area contributed by atoms with Crippen molar-refractivity contribution >= 4 is 22.6 Å². The van der Waals surface area contributed by atoms with E-state index < -0.39 is 0 Å². The summed E-state index contributed by atoms with van der Waals surface area (Å²) in [5.41, 5.74) is 1.27. The summed E-state index contributed by atoms with van der Waals surface area (Å²) in [4.78, 5) is 4.42. The zero-order valence-electron chi connectivity index (χ0n) is 11.3. The fourth-order valence-corrected chi connectivity index (χ4v) is 2.96. The van der Waals surface area contributed by atoms with Gasteiger partial charge in [0.05, 0.1) is 18.2 Å². The zero-order chi connectivity index (χ0) is 13.9. The topological polar surface area (TPSA) is 27.1 Å². The highest BCUT2D eigenvalue weighted by atomic mass is 35.5. The van der Waals surface area contributed by atoms with Gasteiger partial charge in [0.2, 0.25) is 0 Å². The average Bonchev–Trinajstić information content (AvgIpc) is 2.81. The van der Waals surface area contributed by atoms with Gasteiger partial charge in [0.25, 0.3) is 0 Å². The van der Waals surface area contributed by atoms with Crippen LogP contribution in [-0.2, 0) is 17.7 Å². The van der Waals surface area contributed by atoms with Gasteiger partial charge in [-0.05, 0) is 31.4 Å². The molecule has 1 aliphatic rings. The predicted molar refractivity (Wildman–Crippen MR) is 77.7 cm³/mol. The third kappa shape index (κ3) is 2.67. The van der Waals surface area contributed by atoms with Crippen LogP contribution in [0.15, 0.2) is 18.2 Å². The van der Waals surface area contributed by atoms with Crippen molar-refractivity contribution in [3.63, 3.8) is 0 Å². The number of hydrogen-bond donors (Lipinski definition) is 0. The van der Waals surface area contributed by atoms with E-state index in [0.29, 0.717) is 17.8 Å². The van der Waals surface area contributed by atoms with Gasteiger partial charge in [0.15, 0.2) is 5.82 Å². The van der Waals surface area contributed by atoms with Gasteiger partial charge in [-0.1, -0.05) is 6.07 Å². The maximum atomic E-state index is 13.9. The monoisotopic (exact) mass is 296 g/mol. The Morgan fingerprint density at radius 3 is 3.05 bits per heavy atom. The lowest BCUT2D eigenvalue weighted by molar-refractivity contribution is 0.00621. The Morgan fingerprint density at radius 2 is 2.30 bits per heavy atom. The molecule has 0 amide bonds. The number of hydrogen-bond acceptors (Lipinski definition) is 2. The summed E-state index contributed by atoms with van der Waals surface area (Å²) < 4.78 is 21.7. The van der Waals surface area contributed by atoms with Gasteiger partial charge in [-0.2, -0.15) is 0 Å². The molecule has 1 aromatic carbocycles. The van der Waals surface area contributed by atoms with Crippen molar-refractivity contribution in [1.82, 2.24) is 9.55 Å². The van der Waals surface area contributed by atoms with Crippen LogP contribution in [0.2, 0.25) is 0 Å². The fourth-order valence-electron chi connectivity index (χ4n) is 2.80. The number of benzene rings is 1. The lowest BCUT2D eigenvalue weighted by Gasteiger charge is -2.24. The fraction of sp³-hybridized carbons (Fsp3) is 0.533. The van der Waals surface area contributed by atoms with Gasteiger partial charge < -0.3 is 9.30 Å². The van der Waals surface area contributed by atoms with Crippen LogP contribution < -0.4 is 0 Å². The maximum Gasteiger partial charge on any atom is 0.151 e. The molecule has 1 saturated heterocycles. The number of halogens is 2. The molecule has 3 rings (SSSR count). The third-order valence-electron chi connectivity index (χ3n) is 3.79. The average molecular weight is 297 g/mol. The molecule has 1 aromatic heterocycles. The number of aryl methyl sites for hydroxylation is 1. The van der Waals surface area contributed by atoms with Crippen molar-refractivity contribution < 1.29 is 9.13 Å². The number of alkyl halides is 1. The van der Waals surface area contributed by atoms with Crippen LogP contribution in [0, 0.1) is 5.82 Å². The van der Waals surface area contributed by atoms with E-state index in [2.05, 4.69) is 9.55 Å². The lowest BCUT2D eigenvalue weighted by Crippen LogP contribution is -2.25. The van der Waals surface area contributed by atoms with E-state index in [9.17, 15) is 4.39 Å². The van der Waals surface area contributed by atoms with Crippen molar-refractivity contribution in [1.29, 1.82) is 0 Å². The molecule has 0 bridgehead atoms. The minimum Gasteiger partial charge on any atom is -0.376 e. The first-order chi connectivity index (χ1) is 9.79. The standard InChI is InChI=1S/C15H18ClFN2O/c16-8-7-14-18-15-12(17)5-3-6-13(15)19(14)10-11-4-1-2-9-20-11/h3,5-6,11H,1-2,4,7-10H2. The van der Waals surface area contributed by atoms with Crippen LogP contribution >= 0.6 is 11.6 Å². The van der Waals surface area contributed by atoms with Crippen LogP contribution in [0.5, 0.6) is 0 Å². The largest absolute Gasteiger partial charge is 0.376 e. The van der Waals surface area contributed by atoms with Crippen molar-refractivity contribution in [2.75, 3.05) is 12.5 Å². The smallest absolute Gasteiger partial charge is 0.151 e. The summed E-state index contributed by atoms with van der Waals surface area (Å²) >= 11 is 5.84. The Balaban J connectivity index is 1.97. The van der Waals surface area contributed by atoms with Gasteiger partial charge in [-0.3, -0.25) is 0 Å². The molecule has 2 heterocycles. The number of para-hydroxylation sites is 1. The molecule has 2 aromatic rings. The Morgan fingerprint density at radius 1 is 1.40 bits per heavy atom. The lowest BCUT2D eigenvalue weighted by atomic mass is 10.1. The Labute approximate surface area is 122 Å². The van der Waals surface area contributed by atoms with E-state index in [0.717, 1.165) is 37.3 Å². The first-order valence-electron chi connectivity index (χ1n) is 7.11. The molecule has 1 unspecified atom stereocenters. The molecular formula is C15H18ClFN2O. The van der Waals surface area contributed by atoms with Crippen LogP contribution in [0.3, 0.4) is 0 Å². The Kier molecular flexibility index (Phi) is 4.22. The van der Waals surface area contributed by atoms with E-state index in [-0.39, 0.29) is 11.9 Å². The summed E-state index contributed by atoms with van der Waals surface area (Å²) in [5.74, 6) is 1.05. The molecule has 1 atom stereocenters. The number of ether oxygens (including phenoxy) is 1. The van der Waals surface area contributed by atoms with Crippen LogP contribution in [-0.4, -0.2) is 28.1 Å². The van der Waals surface area contributed by atoms with Gasteiger partial charge in [0.1, 0.15) is 11.3 Å². The number of nitrogens with zero attached hydrogens (tertiary/aromatic N) is 2. The maximum absolute atomic E-state index is 13.9. The van der Waals surface area contributed by atoms with Gasteiger partial charge >= 0.3 is 0 Å². The second-order valence-electron chi connectivity index (χ2n) is 5.17. The molecule has 0 saturated carbocycles. The Bertz CT molecular complexity index is 593. The van der Waals surface area contributed by atoms with Crippen molar-refractivity contribution in [3.05, 3.63) is 29.8 Å². The zero-order valence-corrected chi connectivity index (χ0v) is 12.1. The highest BCUT2D eigenvalue weighted by Gasteiger charge is 2.19. The van der Waals surface area contributed by atoms with E-state index in [1.165, 1.54) is 12.5 Å². The first kappa shape index (κ1) is 13.8. The minimum atomic E-state index is -0.276. The summed E-state index contributed by atoms with van der Waals surface area (Å²) in [7, 11) is 0. The van der Waals surface area contributed by atoms with Gasteiger partial charge in [-0.25, -0.2) is 9.37 Å². The summed E-state index contributed by atoms with van der Waals surface area (Å²) in [6.45, 7) is 1.54. The number of aromatic nitrogens is 2. The first-order valence-corrected chi connectivity index (χ1v) is 7.64. The highest BCUT2D eigenvalue weighted by molar-refractivity contribution is 6.17. The molecule has 0 N–H and O–H groups in total. The molecule has 3 nitrogen and oxygen atoms in total. The third-order valence-corrected chi connectivity index (χ3v) is 3.98. The molecule has 0 aliphatic carbocycles. The van der Waals surface area contributed by atoms with Crippen molar-refractivity contribution in [3.8, 4) is 0 Å². The number of imidazole rings is 1. The predicted octanol–water partition coefficient (Wildman–Crippen LogP) is 3.53. The molecule has 0 spiro atoms. The highest BCUT2D eigenvalue weighted by Crippen LogP contribution is 2.23. The molecule has 0 radical (unpaired) electrons. The number of fused-ring (bicyclic) bond motifs is 1. The normalized spacial score (nSPS) is 19.6. The SMILES string of the molecule is Fc1cccc2c1nc(CCCl)n2CC1CCCCO1. The summed E-state index contributed by atoms with van der Waals surface area (Å²) in [5, 5.41) is 0. The van der Waals surface area contributed by atoms with Gasteiger partial charge in [0, 0.05) is 18.9 Å². The summed E-state index contributed by atoms with van der Waals surface area (Å²) in [6, 6.07) is 5.08. The van der Waals surface area contributed by atoms with Crippen LogP contribution in [0.1, 0.15) is 25.1 Å². The second kappa shape index (κ2) is 6.10. The quantitative estimate of drug-likeness (QED) is 0.807. The van der Waals surface area contributed by atoms with Crippen molar-refractivity contribution in [2.24, 2.45) is 0 Å². The molecule has 1 fully saturated rings. The molecule has 20 heavy (non-hydrogen) atoms. The van der Waals surface area contributed by atoms with Crippen molar-refractivity contribution in [2.45, 2.75) is 38.3 Å². The molecule has 108 valence electrons. The minimum absolute atomic E-state index is 0.193. The second-order valence-corrected chi connectivity index (χ2v) is 5.55.